The van der Waals surface area contributed by atoms with Crippen molar-refractivity contribution in [3.8, 4) is 0 Å². The molecule has 3 atom stereocenters. The molecule has 0 aromatic rings. The molecule has 0 aliphatic heterocycles. The van der Waals surface area contributed by atoms with Gasteiger partial charge in [0.1, 0.15) is 0 Å². The summed E-state index contributed by atoms with van der Waals surface area (Å²) in [6.07, 6.45) is 1.82. The Kier molecular flexibility index (Phi) is 5.12. The zero-order chi connectivity index (χ0) is 13.7. The van der Waals surface area contributed by atoms with E-state index in [1.807, 2.05) is 6.92 Å². The van der Waals surface area contributed by atoms with E-state index < -0.39 is 23.8 Å². The van der Waals surface area contributed by atoms with Gasteiger partial charge in [-0.05, 0) is 18.8 Å². The maximum Gasteiger partial charge on any atom is 0.307 e. The summed E-state index contributed by atoms with van der Waals surface area (Å²) in [6, 6.07) is 0. The van der Waals surface area contributed by atoms with Crippen molar-refractivity contribution >= 4 is 17.8 Å². The number of carbonyl (C=O) groups excluding carboxylic acids is 1. The van der Waals surface area contributed by atoms with Gasteiger partial charge >= 0.3 is 11.9 Å². The minimum absolute atomic E-state index is 0.0494. The smallest absolute Gasteiger partial charge is 0.307 e. The maximum absolute atomic E-state index is 11.8. The van der Waals surface area contributed by atoms with Crippen LogP contribution in [0.3, 0.4) is 0 Å². The largest absolute Gasteiger partial charge is 0.481 e. The van der Waals surface area contributed by atoms with Crippen molar-refractivity contribution in [3.63, 3.8) is 0 Å². The molecule has 6 nitrogen and oxygen atoms in total. The molecule has 1 aliphatic rings. The van der Waals surface area contributed by atoms with Crippen molar-refractivity contribution in [2.75, 3.05) is 6.54 Å². The fourth-order valence-electron chi connectivity index (χ4n) is 2.46. The maximum atomic E-state index is 11.8. The van der Waals surface area contributed by atoms with Crippen LogP contribution in [0.25, 0.3) is 0 Å². The lowest BCUT2D eigenvalue weighted by Gasteiger charge is -2.14. The minimum atomic E-state index is -0.983. The van der Waals surface area contributed by atoms with Crippen LogP contribution in [0.4, 0.5) is 0 Å². The second-order valence-corrected chi connectivity index (χ2v) is 4.73. The standard InChI is InChI=1S/C12H19NO5/c1-2-7-5-8(9(6-7)12(17)18)11(16)13-4-3-10(14)15/h7-9H,2-6H2,1H3,(H,13,16)(H,14,15)(H,17,18)/t7?,8-,9+/m0/s1. The van der Waals surface area contributed by atoms with Gasteiger partial charge in [0.2, 0.25) is 5.91 Å². The van der Waals surface area contributed by atoms with Crippen LogP contribution in [0.2, 0.25) is 0 Å². The van der Waals surface area contributed by atoms with E-state index in [1.165, 1.54) is 0 Å². The third-order valence-corrected chi connectivity index (χ3v) is 3.53. The molecule has 1 aliphatic carbocycles. The van der Waals surface area contributed by atoms with Crippen LogP contribution < -0.4 is 5.32 Å². The third kappa shape index (κ3) is 3.72. The van der Waals surface area contributed by atoms with Crippen molar-refractivity contribution in [2.45, 2.75) is 32.6 Å². The summed E-state index contributed by atoms with van der Waals surface area (Å²) in [7, 11) is 0. The van der Waals surface area contributed by atoms with Crippen LogP contribution in [0.5, 0.6) is 0 Å². The molecule has 18 heavy (non-hydrogen) atoms. The van der Waals surface area contributed by atoms with E-state index in [0.29, 0.717) is 12.8 Å². The van der Waals surface area contributed by atoms with Gasteiger partial charge in [0.25, 0.3) is 0 Å². The van der Waals surface area contributed by atoms with Gasteiger partial charge in [-0.3, -0.25) is 14.4 Å². The van der Waals surface area contributed by atoms with Gasteiger partial charge in [0.05, 0.1) is 18.3 Å². The number of amides is 1. The molecule has 3 N–H and O–H groups in total. The Labute approximate surface area is 105 Å². The van der Waals surface area contributed by atoms with Gasteiger partial charge in [-0.2, -0.15) is 0 Å². The highest BCUT2D eigenvalue weighted by atomic mass is 16.4. The first-order valence-corrected chi connectivity index (χ1v) is 6.18. The van der Waals surface area contributed by atoms with E-state index in [-0.39, 0.29) is 24.8 Å². The first-order valence-electron chi connectivity index (χ1n) is 6.18. The van der Waals surface area contributed by atoms with E-state index in [0.717, 1.165) is 6.42 Å². The highest BCUT2D eigenvalue weighted by Gasteiger charge is 2.41. The average Bonchev–Trinajstić information content (AvgIpc) is 2.72. The van der Waals surface area contributed by atoms with Gasteiger partial charge in [-0.25, -0.2) is 0 Å². The van der Waals surface area contributed by atoms with Crippen molar-refractivity contribution in [1.82, 2.24) is 5.32 Å². The summed E-state index contributed by atoms with van der Waals surface area (Å²) in [5.74, 6) is -3.16. The van der Waals surface area contributed by atoms with Crippen LogP contribution in [0.1, 0.15) is 32.6 Å². The Hall–Kier alpha value is -1.59. The minimum Gasteiger partial charge on any atom is -0.481 e. The lowest BCUT2D eigenvalue weighted by atomic mass is 9.95. The van der Waals surface area contributed by atoms with E-state index in [2.05, 4.69) is 5.32 Å². The highest BCUT2D eigenvalue weighted by Crippen LogP contribution is 2.38. The summed E-state index contributed by atoms with van der Waals surface area (Å²) in [6.45, 7) is 2.03. The summed E-state index contributed by atoms with van der Waals surface area (Å²) in [5, 5.41) is 20.1. The molecule has 102 valence electrons. The molecule has 1 fully saturated rings. The van der Waals surface area contributed by atoms with E-state index in [9.17, 15) is 14.4 Å². The summed E-state index contributed by atoms with van der Waals surface area (Å²) < 4.78 is 0. The van der Waals surface area contributed by atoms with Crippen molar-refractivity contribution < 1.29 is 24.6 Å². The first kappa shape index (κ1) is 14.5. The predicted molar refractivity (Wildman–Crippen MR) is 62.9 cm³/mol. The molecule has 0 radical (unpaired) electrons. The van der Waals surface area contributed by atoms with Crippen LogP contribution in [-0.4, -0.2) is 34.6 Å². The SMILES string of the molecule is CCC1C[C@H](C(=O)NCCC(=O)O)[C@H](C(=O)O)C1. The number of nitrogens with one attached hydrogen (secondary N) is 1. The van der Waals surface area contributed by atoms with E-state index in [1.54, 1.807) is 0 Å². The second-order valence-electron chi connectivity index (χ2n) is 4.73. The van der Waals surface area contributed by atoms with Gasteiger partial charge < -0.3 is 15.5 Å². The highest BCUT2D eigenvalue weighted by molar-refractivity contribution is 5.85. The molecule has 1 rings (SSSR count). The number of hydrogen-bond donors (Lipinski definition) is 3. The van der Waals surface area contributed by atoms with E-state index >= 15 is 0 Å². The number of carboxylic acids is 2. The van der Waals surface area contributed by atoms with Gasteiger partial charge in [0.15, 0.2) is 0 Å². The van der Waals surface area contributed by atoms with Gasteiger partial charge in [-0.15, -0.1) is 0 Å². The number of aliphatic carboxylic acids is 2. The van der Waals surface area contributed by atoms with Crippen LogP contribution in [0.15, 0.2) is 0 Å². The Balaban J connectivity index is 2.54. The lowest BCUT2D eigenvalue weighted by molar-refractivity contribution is -0.146. The summed E-state index contributed by atoms with van der Waals surface area (Å²) in [4.78, 5) is 33.2. The summed E-state index contributed by atoms with van der Waals surface area (Å²) >= 11 is 0. The Morgan fingerprint density at radius 2 is 1.78 bits per heavy atom. The molecule has 1 unspecified atom stereocenters. The molecule has 0 spiro atoms. The quantitative estimate of drug-likeness (QED) is 0.650. The number of carbonyl (C=O) groups is 3. The van der Waals surface area contributed by atoms with Gasteiger partial charge in [-0.1, -0.05) is 13.3 Å². The fourth-order valence-corrected chi connectivity index (χ4v) is 2.46. The van der Waals surface area contributed by atoms with Crippen LogP contribution in [-0.2, 0) is 14.4 Å². The lowest BCUT2D eigenvalue weighted by Crippen LogP contribution is -2.36. The number of carboxylic acid groups (broad SMARTS) is 2. The van der Waals surface area contributed by atoms with Gasteiger partial charge in [0, 0.05) is 6.54 Å². The molecule has 0 bridgehead atoms. The predicted octanol–water partition coefficient (Wildman–Crippen LogP) is 0.714. The topological polar surface area (TPSA) is 104 Å². The first-order chi connectivity index (χ1) is 8.45. The zero-order valence-electron chi connectivity index (χ0n) is 10.4. The Morgan fingerprint density at radius 1 is 1.17 bits per heavy atom. The van der Waals surface area contributed by atoms with Crippen LogP contribution >= 0.6 is 0 Å². The molecule has 0 aromatic heterocycles. The molecule has 0 heterocycles. The van der Waals surface area contributed by atoms with Crippen molar-refractivity contribution in [3.05, 3.63) is 0 Å². The number of hydrogen-bond acceptors (Lipinski definition) is 3. The van der Waals surface area contributed by atoms with E-state index in [4.69, 9.17) is 10.2 Å². The molecule has 1 saturated carbocycles. The Morgan fingerprint density at radius 3 is 2.28 bits per heavy atom. The fraction of sp³-hybridized carbons (Fsp3) is 0.750. The molecule has 0 aromatic carbocycles. The van der Waals surface area contributed by atoms with Crippen molar-refractivity contribution in [2.24, 2.45) is 17.8 Å². The Bertz CT molecular complexity index is 341. The second kappa shape index (κ2) is 6.37. The molecule has 0 saturated heterocycles. The zero-order valence-corrected chi connectivity index (χ0v) is 10.4. The normalized spacial score (nSPS) is 26.8. The number of rotatable bonds is 6. The summed E-state index contributed by atoms with van der Waals surface area (Å²) in [5.41, 5.74) is 0. The molecule has 6 heteroatoms. The van der Waals surface area contributed by atoms with Crippen molar-refractivity contribution in [1.29, 1.82) is 0 Å². The molecule has 1 amide bonds. The monoisotopic (exact) mass is 257 g/mol. The van der Waals surface area contributed by atoms with Crippen LogP contribution in [0, 0.1) is 17.8 Å². The molecular formula is C12H19NO5. The third-order valence-electron chi connectivity index (χ3n) is 3.53. The molecular weight excluding hydrogens is 238 g/mol. The average molecular weight is 257 g/mol.